The first-order valence-electron chi connectivity index (χ1n) is 18.5. The Morgan fingerprint density at radius 1 is 0.929 bits per heavy atom. The van der Waals surface area contributed by atoms with Crippen LogP contribution in [0.4, 0.5) is 4.79 Å². The molecule has 0 unspecified atom stereocenters. The zero-order chi connectivity index (χ0) is 39.6. The highest BCUT2D eigenvalue weighted by molar-refractivity contribution is 6.39. The van der Waals surface area contributed by atoms with Crippen LogP contribution in [0.5, 0.6) is 5.88 Å². The number of ether oxygens (including phenoxy) is 2. The van der Waals surface area contributed by atoms with Crippen molar-refractivity contribution in [3.05, 3.63) is 82.4 Å². The highest BCUT2D eigenvalue weighted by Crippen LogP contribution is 2.42. The number of hydrogen-bond acceptors (Lipinski definition) is 10. The summed E-state index contributed by atoms with van der Waals surface area (Å²) in [4.78, 5) is 52.1. The Labute approximate surface area is 334 Å². The third-order valence-electron chi connectivity index (χ3n) is 9.54. The van der Waals surface area contributed by atoms with Crippen LogP contribution in [-0.4, -0.2) is 85.3 Å². The van der Waals surface area contributed by atoms with Crippen LogP contribution < -0.4 is 20.7 Å². The van der Waals surface area contributed by atoms with E-state index in [1.807, 2.05) is 75.5 Å². The second-order valence-electron chi connectivity index (χ2n) is 14.9. The van der Waals surface area contributed by atoms with Gasteiger partial charge in [-0.15, -0.1) is 5.10 Å². The molecule has 0 radical (unpaired) electrons. The molecule has 2 aromatic carbocycles. The largest absolute Gasteiger partial charge is 0.481 e. The van der Waals surface area contributed by atoms with E-state index in [1.54, 1.807) is 15.6 Å². The number of carbonyl (C=O) groups excluding carboxylic acids is 3. The first-order valence-corrected chi connectivity index (χ1v) is 19.2. The van der Waals surface area contributed by atoms with Gasteiger partial charge in [-0.05, 0) is 45.7 Å². The number of nitrogens with zero attached hydrogens (tertiary/aromatic N) is 6. The van der Waals surface area contributed by atoms with Crippen LogP contribution in [0.15, 0.2) is 60.9 Å². The molecule has 3 aromatic heterocycles. The maximum absolute atomic E-state index is 13.3. The molecule has 2 aliphatic heterocycles. The van der Waals surface area contributed by atoms with Crippen LogP contribution in [-0.2, 0) is 27.4 Å². The van der Waals surface area contributed by atoms with Crippen LogP contribution >= 0.6 is 23.2 Å². The molecule has 5 aromatic rings. The highest BCUT2D eigenvalue weighted by Gasteiger charge is 2.29. The van der Waals surface area contributed by atoms with Crippen molar-refractivity contribution >= 4 is 46.9 Å². The highest BCUT2D eigenvalue weighted by atomic mass is 35.5. The van der Waals surface area contributed by atoms with E-state index in [-0.39, 0.29) is 37.0 Å². The van der Waals surface area contributed by atoms with E-state index in [9.17, 15) is 14.4 Å². The summed E-state index contributed by atoms with van der Waals surface area (Å²) in [6, 6.07) is 15.0. The second-order valence-corrected chi connectivity index (χ2v) is 15.7. The normalized spacial score (nSPS) is 16.9. The average molecular weight is 801 g/mol. The van der Waals surface area contributed by atoms with Crippen LogP contribution in [0.25, 0.3) is 39.3 Å². The van der Waals surface area contributed by atoms with Crippen molar-refractivity contribution in [1.29, 1.82) is 0 Å². The van der Waals surface area contributed by atoms with E-state index in [1.165, 1.54) is 7.11 Å². The smallest absolute Gasteiger partial charge is 0.410 e. The first-order chi connectivity index (χ1) is 26.8. The summed E-state index contributed by atoms with van der Waals surface area (Å²) in [5.41, 5.74) is 4.09. The second kappa shape index (κ2) is 16.4. The van der Waals surface area contributed by atoms with Crippen LogP contribution in [0.3, 0.4) is 0 Å². The summed E-state index contributed by atoms with van der Waals surface area (Å²) in [5, 5.41) is 14.7. The molecule has 0 aliphatic carbocycles. The minimum absolute atomic E-state index is 0.0348. The summed E-state index contributed by atoms with van der Waals surface area (Å²) < 4.78 is 13.1. The molecule has 2 saturated heterocycles. The zero-order valence-electron chi connectivity index (χ0n) is 31.6. The molecule has 292 valence electrons. The number of nitrogens with one attached hydrogen (secondary N) is 3. The predicted molar refractivity (Wildman–Crippen MR) is 212 cm³/mol. The minimum atomic E-state index is -0.702. The number of halogens is 2. The summed E-state index contributed by atoms with van der Waals surface area (Å²) in [5.74, 6) is 1.41. The Hall–Kier alpha value is -5.31. The Kier molecular flexibility index (Phi) is 11.4. The van der Waals surface area contributed by atoms with Crippen molar-refractivity contribution in [1.82, 2.24) is 45.4 Å². The monoisotopic (exact) mass is 799 g/mol. The number of pyridine rings is 1. The summed E-state index contributed by atoms with van der Waals surface area (Å²) in [7, 11) is 1.52. The molecule has 56 heavy (non-hydrogen) atoms. The number of aromatic nitrogens is 5. The van der Waals surface area contributed by atoms with Gasteiger partial charge >= 0.3 is 6.09 Å². The van der Waals surface area contributed by atoms with Crippen molar-refractivity contribution in [2.24, 2.45) is 0 Å². The van der Waals surface area contributed by atoms with E-state index in [0.29, 0.717) is 87.8 Å². The third kappa shape index (κ3) is 8.88. The molecule has 14 nitrogen and oxygen atoms in total. The van der Waals surface area contributed by atoms with Crippen LogP contribution in [0, 0.1) is 0 Å². The third-order valence-corrected chi connectivity index (χ3v) is 10.4. The fourth-order valence-corrected chi connectivity index (χ4v) is 7.52. The van der Waals surface area contributed by atoms with Gasteiger partial charge in [-0.25, -0.2) is 19.3 Å². The molecule has 3 N–H and O–H groups in total. The average Bonchev–Trinajstić information content (AvgIpc) is 3.90. The van der Waals surface area contributed by atoms with Gasteiger partial charge in [0.25, 0.3) is 5.78 Å². The molecule has 0 spiro atoms. The number of amides is 3. The van der Waals surface area contributed by atoms with Gasteiger partial charge in [0.2, 0.25) is 17.7 Å². The standard InChI is InChI=1S/C40H43Cl2N9O5/c1-40(2,3)56-39(54)50(22-26-13-16-34(53)46-26)20-23-11-14-31(47-37(23)55-4)30-10-6-9-29(36(30)42)28-8-5-7-27(35(28)41)24-17-44-38-48-32(49-51(38)21-24)19-43-18-25-12-15-33(52)45-25/h5-11,14,17,21,25-26,43H,12-13,15-16,18-20,22H2,1-4H3,(H,45,52)(H,46,53)/t25-,26-/m0/s1. The summed E-state index contributed by atoms with van der Waals surface area (Å²) in [6.07, 6.45) is 5.47. The molecular weight excluding hydrogens is 757 g/mol. The van der Waals surface area contributed by atoms with Gasteiger partial charge in [0.05, 0.1) is 35.9 Å². The van der Waals surface area contributed by atoms with E-state index in [2.05, 4.69) is 31.0 Å². The predicted octanol–water partition coefficient (Wildman–Crippen LogP) is 6.22. The van der Waals surface area contributed by atoms with Crippen molar-refractivity contribution in [2.45, 2.75) is 77.2 Å². The lowest BCUT2D eigenvalue weighted by Crippen LogP contribution is -2.43. The van der Waals surface area contributed by atoms with Gasteiger partial charge in [-0.3, -0.25) is 9.59 Å². The number of carbonyl (C=O) groups is 3. The summed E-state index contributed by atoms with van der Waals surface area (Å²) in [6.45, 7) is 6.94. The lowest BCUT2D eigenvalue weighted by molar-refractivity contribution is -0.120. The van der Waals surface area contributed by atoms with Gasteiger partial charge < -0.3 is 30.3 Å². The van der Waals surface area contributed by atoms with Gasteiger partial charge in [-0.2, -0.15) is 4.98 Å². The van der Waals surface area contributed by atoms with Crippen molar-refractivity contribution in [3.63, 3.8) is 0 Å². The van der Waals surface area contributed by atoms with E-state index in [4.69, 9.17) is 37.7 Å². The Bertz CT molecular complexity index is 2290. The number of methoxy groups -OCH3 is 1. The lowest BCUT2D eigenvalue weighted by Gasteiger charge is -2.29. The molecular formula is C40H43Cl2N9O5. The molecule has 2 atom stereocenters. The quantitative estimate of drug-likeness (QED) is 0.132. The lowest BCUT2D eigenvalue weighted by atomic mass is 9.97. The van der Waals surface area contributed by atoms with Crippen molar-refractivity contribution in [3.8, 4) is 39.4 Å². The molecule has 0 saturated carbocycles. The fourth-order valence-electron chi connectivity index (χ4n) is 6.86. The van der Waals surface area contributed by atoms with Gasteiger partial charge in [-0.1, -0.05) is 59.6 Å². The molecule has 7 rings (SSSR count). The van der Waals surface area contributed by atoms with Gasteiger partial charge in [0.1, 0.15) is 5.60 Å². The van der Waals surface area contributed by atoms with Crippen LogP contribution in [0.1, 0.15) is 57.8 Å². The molecule has 3 amide bonds. The van der Waals surface area contributed by atoms with Gasteiger partial charge in [0, 0.05) is 83.8 Å². The topological polar surface area (TPSA) is 165 Å². The molecule has 5 heterocycles. The number of fused-ring (bicyclic) bond motifs is 1. The Balaban J connectivity index is 1.12. The Morgan fingerprint density at radius 2 is 1.59 bits per heavy atom. The van der Waals surface area contributed by atoms with Crippen LogP contribution in [0.2, 0.25) is 10.0 Å². The zero-order valence-corrected chi connectivity index (χ0v) is 33.1. The number of rotatable bonds is 12. The SMILES string of the molecule is COc1nc(-c2cccc(-c3cccc(-c4cnc5nc(CNC[C@@H]6CCC(=O)N6)nn5c4)c3Cl)c2Cl)ccc1CN(C[C@@H]1CCC(=O)N1)C(=O)OC(C)(C)C. The maximum atomic E-state index is 13.3. The van der Waals surface area contributed by atoms with Crippen molar-refractivity contribution < 1.29 is 23.9 Å². The molecule has 16 heteroatoms. The van der Waals surface area contributed by atoms with Crippen molar-refractivity contribution in [2.75, 3.05) is 20.2 Å². The van der Waals surface area contributed by atoms with E-state index >= 15 is 0 Å². The molecule has 0 bridgehead atoms. The number of hydrogen-bond donors (Lipinski definition) is 3. The van der Waals surface area contributed by atoms with Gasteiger partial charge in [0.15, 0.2) is 5.82 Å². The fraction of sp³-hybridized carbons (Fsp3) is 0.375. The van der Waals surface area contributed by atoms with E-state index < -0.39 is 11.7 Å². The van der Waals surface area contributed by atoms with E-state index in [0.717, 1.165) is 17.5 Å². The molecule has 2 aliphatic rings. The first kappa shape index (κ1) is 38.9. The Morgan fingerprint density at radius 3 is 2.25 bits per heavy atom. The maximum Gasteiger partial charge on any atom is 0.410 e. The molecule has 2 fully saturated rings. The number of benzene rings is 2. The summed E-state index contributed by atoms with van der Waals surface area (Å²) >= 11 is 14.3. The minimum Gasteiger partial charge on any atom is -0.481 e.